The van der Waals surface area contributed by atoms with E-state index in [1.165, 1.54) is 98.3 Å². The first-order valence-electron chi connectivity index (χ1n) is 18.5. The minimum atomic E-state index is -0.789. The number of nitrogens with two attached hydrogens (primary N) is 1. The number of urea groups is 1. The molecule has 0 spiro atoms. The van der Waals surface area contributed by atoms with Crippen LogP contribution < -0.4 is 26.2 Å². The number of hydrogen-bond donors (Lipinski definition) is 3. The van der Waals surface area contributed by atoms with Crippen molar-refractivity contribution >= 4 is 29.1 Å². The van der Waals surface area contributed by atoms with E-state index in [4.69, 9.17) is 10.5 Å². The molecule has 0 aliphatic rings. The number of carbonyl (C=O) groups is 2. The summed E-state index contributed by atoms with van der Waals surface area (Å²) in [6, 6.07) is 24.3. The standard InChI is InChI=1S/C41H55N5O4/c1-3-5-6-7-8-9-10-11-12-13-14-15-17-22-32-23-20-28-36(29-32)50-37(4-2)40(48)43-33-24-21-27-35(30-33)45(41(42)49)38-31-39(47)46(44-38)34-25-18-16-19-26-34/h16,18-21,23-31,37,44H,3-15,17,22H2,1-2H3,(H2,42,49)(H,43,48). The number of aromatic amines is 1. The van der Waals surface area contributed by atoms with Crippen molar-refractivity contribution in [2.24, 2.45) is 5.73 Å². The summed E-state index contributed by atoms with van der Waals surface area (Å²) in [5.74, 6) is 0.559. The van der Waals surface area contributed by atoms with Crippen LogP contribution in [0.4, 0.5) is 22.0 Å². The normalized spacial score (nSPS) is 11.6. The number of aryl methyl sites for hydroxylation is 1. The van der Waals surface area contributed by atoms with Crippen molar-refractivity contribution in [1.82, 2.24) is 9.78 Å². The lowest BCUT2D eigenvalue weighted by Crippen LogP contribution is -2.33. The number of amides is 3. The van der Waals surface area contributed by atoms with E-state index in [1.807, 2.05) is 43.3 Å². The average Bonchev–Trinajstić information content (AvgIpc) is 3.50. The second kappa shape index (κ2) is 20.7. The van der Waals surface area contributed by atoms with Crippen LogP contribution in [0.15, 0.2) is 89.7 Å². The number of benzene rings is 3. The number of hydrogen-bond acceptors (Lipinski definition) is 4. The summed E-state index contributed by atoms with van der Waals surface area (Å²) in [5, 5.41) is 5.87. The van der Waals surface area contributed by atoms with Crippen LogP contribution in [0, 0.1) is 0 Å². The molecule has 0 radical (unpaired) electrons. The molecule has 0 saturated carbocycles. The molecule has 3 amide bonds. The Balaban J connectivity index is 1.26. The van der Waals surface area contributed by atoms with Crippen LogP contribution in [-0.2, 0) is 11.2 Å². The molecule has 1 unspecified atom stereocenters. The molecule has 0 aliphatic heterocycles. The van der Waals surface area contributed by atoms with Gasteiger partial charge < -0.3 is 15.8 Å². The fraction of sp³-hybridized carbons (Fsp3) is 0.439. The Morgan fingerprint density at radius 3 is 2.06 bits per heavy atom. The van der Waals surface area contributed by atoms with E-state index in [1.54, 1.807) is 36.4 Å². The number of carbonyl (C=O) groups excluding carboxylic acids is 2. The maximum atomic E-state index is 13.3. The van der Waals surface area contributed by atoms with E-state index in [0.29, 0.717) is 29.2 Å². The molecule has 1 aromatic heterocycles. The number of para-hydroxylation sites is 1. The second-order valence-corrected chi connectivity index (χ2v) is 13.0. The van der Waals surface area contributed by atoms with E-state index in [2.05, 4.69) is 23.4 Å². The van der Waals surface area contributed by atoms with Gasteiger partial charge in [0.05, 0.1) is 11.4 Å². The Bertz CT molecular complexity index is 1660. The summed E-state index contributed by atoms with van der Waals surface area (Å²) in [6.07, 6.45) is 18.1. The first-order valence-corrected chi connectivity index (χ1v) is 18.5. The minimum absolute atomic E-state index is 0.197. The summed E-state index contributed by atoms with van der Waals surface area (Å²) in [7, 11) is 0. The van der Waals surface area contributed by atoms with Crippen LogP contribution in [0.25, 0.3) is 5.69 Å². The minimum Gasteiger partial charge on any atom is -0.481 e. The third-order valence-corrected chi connectivity index (χ3v) is 8.96. The lowest BCUT2D eigenvalue weighted by atomic mass is 10.0. The van der Waals surface area contributed by atoms with Crippen LogP contribution in [-0.4, -0.2) is 27.8 Å². The van der Waals surface area contributed by atoms with Gasteiger partial charge in [-0.15, -0.1) is 0 Å². The van der Waals surface area contributed by atoms with Gasteiger partial charge in [0.25, 0.3) is 11.5 Å². The molecule has 0 aliphatic carbocycles. The Hall–Kier alpha value is -4.79. The van der Waals surface area contributed by atoms with Gasteiger partial charge in [-0.25, -0.2) is 14.4 Å². The summed E-state index contributed by atoms with van der Waals surface area (Å²) >= 11 is 0. The molecule has 268 valence electrons. The van der Waals surface area contributed by atoms with Crippen molar-refractivity contribution in [3.63, 3.8) is 0 Å². The number of primary amides is 1. The molecule has 50 heavy (non-hydrogen) atoms. The molecule has 3 aromatic carbocycles. The predicted octanol–water partition coefficient (Wildman–Crippen LogP) is 9.81. The Kier molecular flexibility index (Phi) is 15.7. The zero-order valence-corrected chi connectivity index (χ0v) is 29.9. The molecule has 9 heteroatoms. The van der Waals surface area contributed by atoms with E-state index in [-0.39, 0.29) is 17.3 Å². The van der Waals surface area contributed by atoms with Crippen molar-refractivity contribution in [3.8, 4) is 11.4 Å². The number of aromatic nitrogens is 2. The third kappa shape index (κ3) is 12.0. The molecule has 0 fully saturated rings. The fourth-order valence-electron chi connectivity index (χ4n) is 6.21. The van der Waals surface area contributed by atoms with Crippen molar-refractivity contribution < 1.29 is 14.3 Å². The van der Waals surface area contributed by atoms with Crippen molar-refractivity contribution in [2.75, 3.05) is 10.2 Å². The summed E-state index contributed by atoms with van der Waals surface area (Å²) in [6.45, 7) is 4.17. The molecule has 4 N–H and O–H groups in total. The SMILES string of the molecule is CCCCCCCCCCCCCCCc1cccc(OC(CC)C(=O)Nc2cccc(N(C(N)=O)c3cc(=O)n(-c4ccccc4)[nH]3)c2)c1. The van der Waals surface area contributed by atoms with Gasteiger partial charge in [0, 0.05) is 11.8 Å². The van der Waals surface area contributed by atoms with E-state index < -0.39 is 12.1 Å². The second-order valence-electron chi connectivity index (χ2n) is 13.0. The van der Waals surface area contributed by atoms with Gasteiger partial charge in [0.1, 0.15) is 11.6 Å². The zero-order valence-electron chi connectivity index (χ0n) is 29.9. The highest BCUT2D eigenvalue weighted by Crippen LogP contribution is 2.27. The van der Waals surface area contributed by atoms with Gasteiger partial charge >= 0.3 is 6.03 Å². The topological polar surface area (TPSA) is 122 Å². The van der Waals surface area contributed by atoms with Crippen molar-refractivity contribution in [1.29, 1.82) is 0 Å². The quantitative estimate of drug-likeness (QED) is 0.0715. The molecule has 1 heterocycles. The smallest absolute Gasteiger partial charge is 0.325 e. The number of unbranched alkanes of at least 4 members (excludes halogenated alkanes) is 12. The van der Waals surface area contributed by atoms with E-state index in [0.717, 1.165) is 12.8 Å². The number of nitrogens with one attached hydrogen (secondary N) is 2. The van der Waals surface area contributed by atoms with Gasteiger partial charge in [-0.05, 0) is 67.3 Å². The molecule has 9 nitrogen and oxygen atoms in total. The van der Waals surface area contributed by atoms with Crippen LogP contribution in [0.5, 0.6) is 5.75 Å². The number of ether oxygens (including phenoxy) is 1. The highest BCUT2D eigenvalue weighted by Gasteiger charge is 2.22. The summed E-state index contributed by atoms with van der Waals surface area (Å²) < 4.78 is 7.49. The molecule has 1 atom stereocenters. The summed E-state index contributed by atoms with van der Waals surface area (Å²) in [4.78, 5) is 39.8. The van der Waals surface area contributed by atoms with Gasteiger partial charge in [-0.3, -0.25) is 14.7 Å². The molecular formula is C41H55N5O4. The molecule has 0 saturated heterocycles. The van der Waals surface area contributed by atoms with Crippen LogP contribution in [0.1, 0.15) is 109 Å². The lowest BCUT2D eigenvalue weighted by molar-refractivity contribution is -0.122. The monoisotopic (exact) mass is 681 g/mol. The predicted molar refractivity (Wildman–Crippen MR) is 204 cm³/mol. The molecule has 4 aromatic rings. The first kappa shape index (κ1) is 38.0. The Morgan fingerprint density at radius 2 is 1.42 bits per heavy atom. The van der Waals surface area contributed by atoms with Crippen molar-refractivity contribution in [2.45, 2.75) is 116 Å². The maximum Gasteiger partial charge on any atom is 0.325 e. The highest BCUT2D eigenvalue weighted by atomic mass is 16.5. The van der Waals surface area contributed by atoms with Crippen LogP contribution in [0.3, 0.4) is 0 Å². The molecular weight excluding hydrogens is 626 g/mol. The number of H-pyrrole nitrogens is 1. The Labute approximate surface area is 297 Å². The van der Waals surface area contributed by atoms with E-state index in [9.17, 15) is 14.4 Å². The largest absolute Gasteiger partial charge is 0.481 e. The fourth-order valence-corrected chi connectivity index (χ4v) is 6.21. The number of anilines is 3. The highest BCUT2D eigenvalue weighted by molar-refractivity contribution is 5.99. The van der Waals surface area contributed by atoms with Gasteiger partial charge in [0.15, 0.2) is 6.10 Å². The van der Waals surface area contributed by atoms with Gasteiger partial charge in [-0.1, -0.05) is 127 Å². The zero-order chi connectivity index (χ0) is 35.6. The van der Waals surface area contributed by atoms with Crippen LogP contribution >= 0.6 is 0 Å². The summed E-state index contributed by atoms with van der Waals surface area (Å²) in [5.41, 5.74) is 8.07. The average molecular weight is 682 g/mol. The number of nitrogens with zero attached hydrogens (tertiary/aromatic N) is 2. The first-order chi connectivity index (χ1) is 24.4. The van der Waals surface area contributed by atoms with Crippen LogP contribution in [0.2, 0.25) is 0 Å². The molecule has 0 bridgehead atoms. The Morgan fingerprint density at radius 1 is 0.780 bits per heavy atom. The number of rotatable bonds is 22. The lowest BCUT2D eigenvalue weighted by Gasteiger charge is -2.21. The van der Waals surface area contributed by atoms with Gasteiger partial charge in [-0.2, -0.15) is 0 Å². The maximum absolute atomic E-state index is 13.3. The van der Waals surface area contributed by atoms with E-state index >= 15 is 0 Å². The van der Waals surface area contributed by atoms with Gasteiger partial charge in [0.2, 0.25) is 0 Å². The van der Waals surface area contributed by atoms with Crippen molar-refractivity contribution in [3.05, 3.63) is 101 Å². The molecule has 4 rings (SSSR count). The third-order valence-electron chi connectivity index (χ3n) is 8.96.